The molecule has 23 heavy (non-hydrogen) atoms. The molecule has 0 aromatic carbocycles. The van der Waals surface area contributed by atoms with E-state index in [1.807, 2.05) is 6.42 Å². The average molecular weight is 326 g/mol. The third-order valence-corrected chi connectivity index (χ3v) is 4.68. The number of carbonyl (C=O) groups is 1. The molecule has 137 valence electrons. The molecular formula is C21H41O2. The molecule has 0 aliphatic rings. The summed E-state index contributed by atoms with van der Waals surface area (Å²) in [6.45, 7) is 4.51. The lowest BCUT2D eigenvalue weighted by molar-refractivity contribution is -0.137. The van der Waals surface area contributed by atoms with Crippen LogP contribution in [0.1, 0.15) is 110 Å². The van der Waals surface area contributed by atoms with E-state index in [4.69, 9.17) is 4.74 Å². The molecule has 1 radical (unpaired) electrons. The summed E-state index contributed by atoms with van der Waals surface area (Å²) in [7, 11) is 1.48. The number of ether oxygens (including phenoxy) is 1. The first-order valence-corrected chi connectivity index (χ1v) is 10.2. The molecular weight excluding hydrogens is 284 g/mol. The lowest BCUT2D eigenvalue weighted by Gasteiger charge is -2.15. The summed E-state index contributed by atoms with van der Waals surface area (Å²) in [5, 5.41) is 0. The van der Waals surface area contributed by atoms with Crippen molar-refractivity contribution < 1.29 is 9.53 Å². The van der Waals surface area contributed by atoms with Crippen molar-refractivity contribution in [2.45, 2.75) is 110 Å². The maximum absolute atomic E-state index is 11.5. The minimum Gasteiger partial charge on any atom is -0.469 e. The van der Waals surface area contributed by atoms with Crippen LogP contribution >= 0.6 is 0 Å². The second kappa shape index (κ2) is 17.8. The van der Waals surface area contributed by atoms with E-state index < -0.39 is 0 Å². The molecule has 1 atom stereocenters. The number of rotatable bonds is 17. The predicted octanol–water partition coefficient (Wildman–Crippen LogP) is 6.87. The summed E-state index contributed by atoms with van der Waals surface area (Å²) in [5.74, 6) is 0.271. The van der Waals surface area contributed by atoms with Crippen LogP contribution < -0.4 is 0 Å². The SMILES string of the molecule is CCCCCCCCCC([CH]C(=O)OC)CCCCCCCC. The van der Waals surface area contributed by atoms with Gasteiger partial charge in [-0.25, -0.2) is 0 Å². The van der Waals surface area contributed by atoms with Crippen LogP contribution in [0, 0.1) is 12.3 Å². The number of esters is 1. The van der Waals surface area contributed by atoms with Crippen LogP contribution in [0.3, 0.4) is 0 Å². The van der Waals surface area contributed by atoms with E-state index in [0.29, 0.717) is 5.92 Å². The molecule has 0 aromatic heterocycles. The highest BCUT2D eigenvalue weighted by Gasteiger charge is 2.14. The number of hydrogen-bond acceptors (Lipinski definition) is 2. The first-order chi connectivity index (χ1) is 11.2. The maximum atomic E-state index is 11.5. The van der Waals surface area contributed by atoms with Crippen molar-refractivity contribution in [3.63, 3.8) is 0 Å². The molecule has 0 aliphatic heterocycles. The fourth-order valence-corrected chi connectivity index (χ4v) is 3.12. The standard InChI is InChI=1S/C21H41O2/c1-4-6-8-10-12-14-16-18-20(19-21(22)23-3)17-15-13-11-9-7-5-2/h19-20H,4-18H2,1-3H3. The first kappa shape index (κ1) is 22.5. The highest BCUT2D eigenvalue weighted by molar-refractivity contribution is 5.79. The normalized spacial score (nSPS) is 12.3. The molecule has 0 fully saturated rings. The van der Waals surface area contributed by atoms with Gasteiger partial charge in [0.1, 0.15) is 0 Å². The van der Waals surface area contributed by atoms with E-state index in [1.165, 1.54) is 90.6 Å². The summed E-state index contributed by atoms with van der Waals surface area (Å²) >= 11 is 0. The molecule has 2 heteroatoms. The van der Waals surface area contributed by atoms with Crippen LogP contribution in [0.25, 0.3) is 0 Å². The van der Waals surface area contributed by atoms with Gasteiger partial charge in [-0.2, -0.15) is 0 Å². The highest BCUT2D eigenvalue weighted by atomic mass is 16.5. The van der Waals surface area contributed by atoms with E-state index in [-0.39, 0.29) is 5.97 Å². The highest BCUT2D eigenvalue weighted by Crippen LogP contribution is 2.22. The van der Waals surface area contributed by atoms with Crippen LogP contribution in [0.2, 0.25) is 0 Å². The number of methoxy groups -OCH3 is 1. The molecule has 0 heterocycles. The Morgan fingerprint density at radius 2 is 1.13 bits per heavy atom. The summed E-state index contributed by atoms with van der Waals surface area (Å²) < 4.78 is 4.82. The summed E-state index contributed by atoms with van der Waals surface area (Å²) in [6.07, 6.45) is 21.4. The molecule has 1 unspecified atom stereocenters. The first-order valence-electron chi connectivity index (χ1n) is 10.2. The van der Waals surface area contributed by atoms with Gasteiger partial charge in [-0.3, -0.25) is 4.79 Å². The van der Waals surface area contributed by atoms with Gasteiger partial charge >= 0.3 is 5.97 Å². The quantitative estimate of drug-likeness (QED) is 0.215. The van der Waals surface area contributed by atoms with Crippen molar-refractivity contribution in [1.29, 1.82) is 0 Å². The Kier molecular flexibility index (Phi) is 17.4. The summed E-state index contributed by atoms with van der Waals surface area (Å²) in [5.41, 5.74) is 0. The Bertz CT molecular complexity index is 250. The van der Waals surface area contributed by atoms with E-state index >= 15 is 0 Å². The molecule has 0 aliphatic carbocycles. The van der Waals surface area contributed by atoms with Crippen LogP contribution in [0.4, 0.5) is 0 Å². The van der Waals surface area contributed by atoms with Crippen LogP contribution in [0.15, 0.2) is 0 Å². The number of hydrogen-bond donors (Lipinski definition) is 0. The maximum Gasteiger partial charge on any atom is 0.309 e. The minimum atomic E-state index is -0.149. The summed E-state index contributed by atoms with van der Waals surface area (Å²) in [6, 6.07) is 0. The molecule has 0 saturated carbocycles. The Hall–Kier alpha value is -0.530. The molecule has 0 spiro atoms. The Balaban J connectivity index is 3.75. The Labute approximate surface area is 145 Å². The van der Waals surface area contributed by atoms with Crippen molar-refractivity contribution in [2.75, 3.05) is 7.11 Å². The molecule has 0 aromatic rings. The third-order valence-electron chi connectivity index (χ3n) is 4.68. The van der Waals surface area contributed by atoms with Gasteiger partial charge in [0.25, 0.3) is 0 Å². The number of carbonyl (C=O) groups excluding carboxylic acids is 1. The van der Waals surface area contributed by atoms with E-state index in [1.54, 1.807) is 0 Å². The van der Waals surface area contributed by atoms with E-state index in [0.717, 1.165) is 12.8 Å². The largest absolute Gasteiger partial charge is 0.469 e. The van der Waals surface area contributed by atoms with Gasteiger partial charge in [-0.05, 0) is 18.8 Å². The van der Waals surface area contributed by atoms with Crippen LogP contribution in [0.5, 0.6) is 0 Å². The zero-order valence-corrected chi connectivity index (χ0v) is 16.1. The molecule has 0 N–H and O–H groups in total. The van der Waals surface area contributed by atoms with Gasteiger partial charge in [0.05, 0.1) is 13.5 Å². The Morgan fingerprint density at radius 1 is 0.739 bits per heavy atom. The van der Waals surface area contributed by atoms with Crippen molar-refractivity contribution in [3.05, 3.63) is 6.42 Å². The fraction of sp³-hybridized carbons (Fsp3) is 0.905. The topological polar surface area (TPSA) is 26.3 Å². The van der Waals surface area contributed by atoms with Gasteiger partial charge < -0.3 is 4.74 Å². The second-order valence-electron chi connectivity index (χ2n) is 6.92. The molecule has 0 bridgehead atoms. The smallest absolute Gasteiger partial charge is 0.309 e. The monoisotopic (exact) mass is 325 g/mol. The molecule has 0 amide bonds. The van der Waals surface area contributed by atoms with Crippen molar-refractivity contribution in [2.24, 2.45) is 5.92 Å². The predicted molar refractivity (Wildman–Crippen MR) is 100 cm³/mol. The zero-order valence-electron chi connectivity index (χ0n) is 16.1. The van der Waals surface area contributed by atoms with Gasteiger partial charge in [0.15, 0.2) is 0 Å². The van der Waals surface area contributed by atoms with Crippen LogP contribution in [-0.2, 0) is 9.53 Å². The zero-order chi connectivity index (χ0) is 17.2. The number of unbranched alkanes of at least 4 members (excludes halogenated alkanes) is 11. The minimum absolute atomic E-state index is 0.149. The molecule has 2 nitrogen and oxygen atoms in total. The van der Waals surface area contributed by atoms with E-state index in [2.05, 4.69) is 13.8 Å². The van der Waals surface area contributed by atoms with E-state index in [9.17, 15) is 4.79 Å². The molecule has 0 saturated heterocycles. The fourth-order valence-electron chi connectivity index (χ4n) is 3.12. The van der Waals surface area contributed by atoms with Crippen molar-refractivity contribution in [3.8, 4) is 0 Å². The summed E-state index contributed by atoms with van der Waals surface area (Å²) in [4.78, 5) is 11.5. The van der Waals surface area contributed by atoms with Crippen LogP contribution in [-0.4, -0.2) is 13.1 Å². The Morgan fingerprint density at radius 3 is 1.52 bits per heavy atom. The lowest BCUT2D eigenvalue weighted by atomic mass is 9.91. The van der Waals surface area contributed by atoms with Gasteiger partial charge in [0, 0.05) is 0 Å². The average Bonchev–Trinajstić information content (AvgIpc) is 2.56. The second-order valence-corrected chi connectivity index (χ2v) is 6.92. The van der Waals surface area contributed by atoms with Crippen molar-refractivity contribution >= 4 is 5.97 Å². The van der Waals surface area contributed by atoms with Gasteiger partial charge in [-0.1, -0.05) is 97.3 Å². The van der Waals surface area contributed by atoms with Gasteiger partial charge in [0.2, 0.25) is 0 Å². The lowest BCUT2D eigenvalue weighted by Crippen LogP contribution is -2.11. The third kappa shape index (κ3) is 16.1. The van der Waals surface area contributed by atoms with Crippen molar-refractivity contribution in [1.82, 2.24) is 0 Å². The molecule has 0 rings (SSSR count). The van der Waals surface area contributed by atoms with Gasteiger partial charge in [-0.15, -0.1) is 0 Å².